The molecule has 1 aromatic carbocycles. The van der Waals surface area contributed by atoms with Crippen molar-refractivity contribution in [1.29, 1.82) is 0 Å². The molecule has 2 rings (SSSR count). The summed E-state index contributed by atoms with van der Waals surface area (Å²) >= 11 is 0. The summed E-state index contributed by atoms with van der Waals surface area (Å²) in [5.41, 5.74) is 2.31. The van der Waals surface area contributed by atoms with Crippen LogP contribution in [0.3, 0.4) is 0 Å². The average molecular weight is 231 g/mol. The molecule has 90 valence electrons. The number of ether oxygens (including phenoxy) is 1. The first-order chi connectivity index (χ1) is 8.31. The molecule has 1 aromatic heterocycles. The van der Waals surface area contributed by atoms with E-state index >= 15 is 0 Å². The van der Waals surface area contributed by atoms with Crippen molar-refractivity contribution in [3.63, 3.8) is 0 Å². The third kappa shape index (κ3) is 2.88. The molecule has 1 atom stereocenters. The van der Waals surface area contributed by atoms with Crippen LogP contribution < -0.4 is 10.1 Å². The highest BCUT2D eigenvalue weighted by atomic mass is 16.5. The molecule has 0 fully saturated rings. The van der Waals surface area contributed by atoms with Crippen molar-refractivity contribution in [1.82, 2.24) is 5.32 Å². The number of methoxy groups -OCH3 is 1. The van der Waals surface area contributed by atoms with Crippen LogP contribution in [0.4, 0.5) is 0 Å². The number of furan rings is 1. The van der Waals surface area contributed by atoms with E-state index in [1.165, 1.54) is 5.56 Å². The van der Waals surface area contributed by atoms with Crippen LogP contribution in [0.1, 0.15) is 24.1 Å². The normalized spacial score (nSPS) is 12.4. The van der Waals surface area contributed by atoms with Crippen molar-refractivity contribution in [2.24, 2.45) is 0 Å². The second-order valence-corrected chi connectivity index (χ2v) is 3.98. The molecule has 0 aliphatic carbocycles. The van der Waals surface area contributed by atoms with Gasteiger partial charge in [-0.2, -0.15) is 0 Å². The number of para-hydroxylation sites is 1. The van der Waals surface area contributed by atoms with Gasteiger partial charge >= 0.3 is 0 Å². The van der Waals surface area contributed by atoms with Gasteiger partial charge in [-0.3, -0.25) is 0 Å². The lowest BCUT2D eigenvalue weighted by molar-refractivity contribution is 0.401. The van der Waals surface area contributed by atoms with Crippen LogP contribution in [0, 0.1) is 0 Å². The van der Waals surface area contributed by atoms with Crippen LogP contribution in [-0.2, 0) is 6.54 Å². The Bertz CT molecular complexity index is 451. The van der Waals surface area contributed by atoms with Crippen molar-refractivity contribution >= 4 is 0 Å². The third-order valence-electron chi connectivity index (χ3n) is 2.80. The Balaban J connectivity index is 2.01. The monoisotopic (exact) mass is 231 g/mol. The van der Waals surface area contributed by atoms with Gasteiger partial charge in [-0.05, 0) is 19.1 Å². The Morgan fingerprint density at radius 1 is 1.29 bits per heavy atom. The molecule has 0 radical (unpaired) electrons. The molecule has 1 heterocycles. The molecule has 0 bridgehead atoms. The second kappa shape index (κ2) is 5.55. The van der Waals surface area contributed by atoms with Gasteiger partial charge in [0.25, 0.3) is 0 Å². The number of rotatable bonds is 5. The lowest BCUT2D eigenvalue weighted by Crippen LogP contribution is -2.18. The molecule has 2 aromatic rings. The smallest absolute Gasteiger partial charge is 0.123 e. The Morgan fingerprint density at radius 2 is 2.12 bits per heavy atom. The maximum atomic E-state index is 5.34. The average Bonchev–Trinajstić information content (AvgIpc) is 2.89. The second-order valence-electron chi connectivity index (χ2n) is 3.98. The van der Waals surface area contributed by atoms with Crippen LogP contribution >= 0.6 is 0 Å². The number of hydrogen-bond donors (Lipinski definition) is 1. The van der Waals surface area contributed by atoms with E-state index < -0.39 is 0 Å². The topological polar surface area (TPSA) is 34.4 Å². The third-order valence-corrected chi connectivity index (χ3v) is 2.80. The first-order valence-corrected chi connectivity index (χ1v) is 5.68. The molecule has 17 heavy (non-hydrogen) atoms. The molecule has 0 unspecified atom stereocenters. The minimum Gasteiger partial charge on any atom is -0.496 e. The highest BCUT2D eigenvalue weighted by molar-refractivity contribution is 5.35. The number of benzene rings is 1. The molecule has 0 saturated carbocycles. The quantitative estimate of drug-likeness (QED) is 0.858. The van der Waals surface area contributed by atoms with Crippen molar-refractivity contribution in [2.45, 2.75) is 19.5 Å². The van der Waals surface area contributed by atoms with E-state index in [1.807, 2.05) is 24.3 Å². The molecule has 0 spiro atoms. The Kier molecular flexibility index (Phi) is 3.83. The van der Waals surface area contributed by atoms with E-state index in [4.69, 9.17) is 9.15 Å². The van der Waals surface area contributed by atoms with Gasteiger partial charge in [0.2, 0.25) is 0 Å². The maximum Gasteiger partial charge on any atom is 0.123 e. The fourth-order valence-corrected chi connectivity index (χ4v) is 1.80. The summed E-state index contributed by atoms with van der Waals surface area (Å²) in [6.07, 6.45) is 3.44. The van der Waals surface area contributed by atoms with E-state index in [2.05, 4.69) is 18.3 Å². The van der Waals surface area contributed by atoms with Gasteiger partial charge in [-0.1, -0.05) is 18.2 Å². The SMILES string of the molecule is COc1ccccc1[C@@H](C)NCc1ccoc1. The van der Waals surface area contributed by atoms with Gasteiger partial charge in [0.15, 0.2) is 0 Å². The van der Waals surface area contributed by atoms with Crippen LogP contribution in [-0.4, -0.2) is 7.11 Å². The molecule has 3 nitrogen and oxygen atoms in total. The fourth-order valence-electron chi connectivity index (χ4n) is 1.80. The molecule has 0 aliphatic rings. The zero-order valence-corrected chi connectivity index (χ0v) is 10.1. The Morgan fingerprint density at radius 3 is 2.82 bits per heavy atom. The first kappa shape index (κ1) is 11.7. The van der Waals surface area contributed by atoms with Gasteiger partial charge in [-0.15, -0.1) is 0 Å². The lowest BCUT2D eigenvalue weighted by atomic mass is 10.1. The van der Waals surface area contributed by atoms with Gasteiger partial charge in [0.1, 0.15) is 5.75 Å². The fraction of sp³-hybridized carbons (Fsp3) is 0.286. The molecule has 1 N–H and O–H groups in total. The summed E-state index contributed by atoms with van der Waals surface area (Å²) in [5, 5.41) is 3.44. The molecule has 0 aliphatic heterocycles. The lowest BCUT2D eigenvalue weighted by Gasteiger charge is -2.16. The highest BCUT2D eigenvalue weighted by Crippen LogP contribution is 2.24. The number of nitrogens with one attached hydrogen (secondary N) is 1. The molecule has 0 amide bonds. The maximum absolute atomic E-state index is 5.34. The standard InChI is InChI=1S/C14H17NO2/c1-11(15-9-12-7-8-17-10-12)13-5-3-4-6-14(13)16-2/h3-8,10-11,15H,9H2,1-2H3/t11-/m1/s1. The van der Waals surface area contributed by atoms with Crippen molar-refractivity contribution in [3.05, 3.63) is 54.0 Å². The van der Waals surface area contributed by atoms with Crippen LogP contribution in [0.25, 0.3) is 0 Å². The predicted molar refractivity (Wildman–Crippen MR) is 67.0 cm³/mol. The summed E-state index contributed by atoms with van der Waals surface area (Å²) < 4.78 is 10.4. The summed E-state index contributed by atoms with van der Waals surface area (Å²) in [6, 6.07) is 10.2. The van der Waals surface area contributed by atoms with Crippen molar-refractivity contribution in [2.75, 3.05) is 7.11 Å². The van der Waals surface area contributed by atoms with Crippen LogP contribution in [0.15, 0.2) is 47.3 Å². The highest BCUT2D eigenvalue weighted by Gasteiger charge is 2.10. The van der Waals surface area contributed by atoms with E-state index in [1.54, 1.807) is 19.6 Å². The molecular formula is C14H17NO2. The largest absolute Gasteiger partial charge is 0.496 e. The Labute approximate surface area is 101 Å². The van der Waals surface area contributed by atoms with Gasteiger partial charge in [0, 0.05) is 23.7 Å². The van der Waals surface area contributed by atoms with Gasteiger partial charge in [0.05, 0.1) is 19.6 Å². The van der Waals surface area contributed by atoms with Crippen LogP contribution in [0.2, 0.25) is 0 Å². The van der Waals surface area contributed by atoms with E-state index in [0.717, 1.165) is 17.9 Å². The summed E-state index contributed by atoms with van der Waals surface area (Å²) in [5.74, 6) is 0.916. The summed E-state index contributed by atoms with van der Waals surface area (Å²) in [4.78, 5) is 0. The first-order valence-electron chi connectivity index (χ1n) is 5.68. The van der Waals surface area contributed by atoms with E-state index in [9.17, 15) is 0 Å². The molecular weight excluding hydrogens is 214 g/mol. The van der Waals surface area contributed by atoms with Gasteiger partial charge < -0.3 is 14.5 Å². The van der Waals surface area contributed by atoms with E-state index in [-0.39, 0.29) is 6.04 Å². The summed E-state index contributed by atoms with van der Waals surface area (Å²) in [7, 11) is 1.70. The minimum absolute atomic E-state index is 0.237. The predicted octanol–water partition coefficient (Wildman–Crippen LogP) is 3.14. The molecule has 0 saturated heterocycles. The van der Waals surface area contributed by atoms with Crippen molar-refractivity contribution < 1.29 is 9.15 Å². The van der Waals surface area contributed by atoms with Gasteiger partial charge in [-0.25, -0.2) is 0 Å². The zero-order valence-electron chi connectivity index (χ0n) is 10.1. The zero-order chi connectivity index (χ0) is 12.1. The molecule has 3 heteroatoms. The van der Waals surface area contributed by atoms with Crippen molar-refractivity contribution in [3.8, 4) is 5.75 Å². The number of hydrogen-bond acceptors (Lipinski definition) is 3. The summed E-state index contributed by atoms with van der Waals surface area (Å²) in [6.45, 7) is 2.91. The minimum atomic E-state index is 0.237. The van der Waals surface area contributed by atoms with E-state index in [0.29, 0.717) is 0 Å². The Hall–Kier alpha value is -1.74. The van der Waals surface area contributed by atoms with Crippen LogP contribution in [0.5, 0.6) is 5.75 Å².